The fourth-order valence-electron chi connectivity index (χ4n) is 2.03. The van der Waals surface area contributed by atoms with E-state index in [0.29, 0.717) is 23.3 Å². The van der Waals surface area contributed by atoms with Crippen molar-refractivity contribution < 1.29 is 23.5 Å². The Morgan fingerprint density at radius 2 is 1.69 bits per heavy atom. The molecule has 0 spiro atoms. The fraction of sp³-hybridized carbons (Fsp3) is 0.143. The van der Waals surface area contributed by atoms with Gasteiger partial charge in [0.25, 0.3) is 0 Å². The molecule has 0 bridgehead atoms. The zero-order valence-corrected chi connectivity index (χ0v) is 14.7. The lowest BCUT2D eigenvalue weighted by Crippen LogP contribution is -2.09. The summed E-state index contributed by atoms with van der Waals surface area (Å²) < 4.78 is 24.4. The van der Waals surface area contributed by atoms with Gasteiger partial charge in [0.2, 0.25) is 0 Å². The number of allylic oxidation sites excluding steroid dienone is 5. The van der Waals surface area contributed by atoms with E-state index in [1.54, 1.807) is 31.2 Å². The molecular formula is C21H19FO4. The molecule has 1 aromatic carbocycles. The molecule has 1 aliphatic rings. The van der Waals surface area contributed by atoms with Gasteiger partial charge in [-0.25, -0.2) is 14.0 Å². The highest BCUT2D eigenvalue weighted by atomic mass is 19.1. The molecule has 2 rings (SSSR count). The molecule has 0 heterocycles. The Kier molecular flexibility index (Phi) is 6.07. The lowest BCUT2D eigenvalue weighted by atomic mass is 10.0. The van der Waals surface area contributed by atoms with Gasteiger partial charge in [-0.1, -0.05) is 37.5 Å². The Morgan fingerprint density at radius 1 is 1.04 bits per heavy atom. The number of esters is 2. The summed E-state index contributed by atoms with van der Waals surface area (Å²) in [4.78, 5) is 23.1. The first kappa shape index (κ1) is 19.1. The van der Waals surface area contributed by atoms with Crippen LogP contribution in [0.15, 0.2) is 72.6 Å². The summed E-state index contributed by atoms with van der Waals surface area (Å²) in [6, 6.07) is 4.30. The molecular weight excluding hydrogens is 335 g/mol. The highest BCUT2D eigenvalue weighted by Crippen LogP contribution is 2.26. The summed E-state index contributed by atoms with van der Waals surface area (Å²) >= 11 is 0. The number of halogens is 1. The van der Waals surface area contributed by atoms with Crippen molar-refractivity contribution in [2.24, 2.45) is 0 Å². The quantitative estimate of drug-likeness (QED) is 0.439. The van der Waals surface area contributed by atoms with Crippen molar-refractivity contribution in [3.8, 4) is 5.75 Å². The van der Waals surface area contributed by atoms with Crippen LogP contribution in [0.3, 0.4) is 0 Å². The molecule has 0 N–H and O–H groups in total. The normalized spacial score (nSPS) is 13.2. The van der Waals surface area contributed by atoms with E-state index in [2.05, 4.69) is 13.2 Å². The number of carbonyl (C=O) groups is 2. The van der Waals surface area contributed by atoms with Crippen LogP contribution in [0, 0.1) is 5.82 Å². The van der Waals surface area contributed by atoms with Crippen LogP contribution in [0.1, 0.15) is 25.8 Å². The second-order valence-corrected chi connectivity index (χ2v) is 5.85. The van der Waals surface area contributed by atoms with Gasteiger partial charge in [-0.2, -0.15) is 0 Å². The lowest BCUT2D eigenvalue weighted by molar-refractivity contribution is -0.135. The van der Waals surface area contributed by atoms with Gasteiger partial charge in [0.1, 0.15) is 5.76 Å². The largest absolute Gasteiger partial charge is 0.427 e. The number of hydrogen-bond acceptors (Lipinski definition) is 4. The molecule has 1 aromatic rings. The summed E-state index contributed by atoms with van der Waals surface area (Å²) in [6.07, 6.45) is 7.41. The minimum atomic E-state index is -0.683. The zero-order valence-electron chi connectivity index (χ0n) is 14.7. The molecule has 0 amide bonds. The molecule has 26 heavy (non-hydrogen) atoms. The van der Waals surface area contributed by atoms with Gasteiger partial charge >= 0.3 is 11.9 Å². The van der Waals surface area contributed by atoms with E-state index in [0.717, 1.165) is 5.57 Å². The molecule has 1 aliphatic carbocycles. The zero-order chi connectivity index (χ0) is 19.3. The minimum Gasteiger partial charge on any atom is -0.427 e. The summed E-state index contributed by atoms with van der Waals surface area (Å²) in [7, 11) is 0. The van der Waals surface area contributed by atoms with Crippen LogP contribution in [0.5, 0.6) is 5.75 Å². The highest BCUT2D eigenvalue weighted by molar-refractivity contribution is 5.89. The summed E-state index contributed by atoms with van der Waals surface area (Å²) in [5.74, 6) is -1.52. The van der Waals surface area contributed by atoms with Crippen molar-refractivity contribution in [1.82, 2.24) is 0 Å². The average Bonchev–Trinajstić information content (AvgIpc) is 2.82. The van der Waals surface area contributed by atoms with E-state index in [-0.39, 0.29) is 11.3 Å². The van der Waals surface area contributed by atoms with Crippen LogP contribution < -0.4 is 4.74 Å². The maximum Gasteiger partial charge on any atom is 0.338 e. The monoisotopic (exact) mass is 354 g/mol. The predicted molar refractivity (Wildman–Crippen MR) is 97.6 cm³/mol. The number of ether oxygens (including phenoxy) is 2. The first-order valence-corrected chi connectivity index (χ1v) is 7.90. The average molecular weight is 354 g/mol. The Morgan fingerprint density at radius 3 is 2.31 bits per heavy atom. The van der Waals surface area contributed by atoms with Crippen molar-refractivity contribution >= 4 is 17.5 Å². The molecule has 0 radical (unpaired) electrons. The number of hydrogen-bond donors (Lipinski definition) is 0. The van der Waals surface area contributed by atoms with Crippen LogP contribution in [-0.4, -0.2) is 11.9 Å². The van der Waals surface area contributed by atoms with E-state index in [9.17, 15) is 14.0 Å². The summed E-state index contributed by atoms with van der Waals surface area (Å²) in [5.41, 5.74) is 1.82. The van der Waals surface area contributed by atoms with Crippen LogP contribution in [0.25, 0.3) is 5.57 Å². The van der Waals surface area contributed by atoms with Gasteiger partial charge in [-0.05, 0) is 43.2 Å². The van der Waals surface area contributed by atoms with Gasteiger partial charge in [0.15, 0.2) is 11.6 Å². The molecule has 134 valence electrons. The third-order valence-corrected chi connectivity index (χ3v) is 3.45. The van der Waals surface area contributed by atoms with Crippen molar-refractivity contribution in [1.29, 1.82) is 0 Å². The van der Waals surface area contributed by atoms with E-state index >= 15 is 0 Å². The number of benzene rings is 1. The second-order valence-electron chi connectivity index (χ2n) is 5.85. The van der Waals surface area contributed by atoms with E-state index in [4.69, 9.17) is 9.47 Å². The van der Waals surface area contributed by atoms with Gasteiger partial charge < -0.3 is 9.47 Å². The predicted octanol–water partition coefficient (Wildman–Crippen LogP) is 4.65. The Bertz CT molecular complexity index is 872. The van der Waals surface area contributed by atoms with Crippen LogP contribution in [-0.2, 0) is 14.3 Å². The van der Waals surface area contributed by atoms with E-state index < -0.39 is 17.8 Å². The maximum atomic E-state index is 14.2. The molecule has 0 fully saturated rings. The molecule has 0 atom stereocenters. The first-order chi connectivity index (χ1) is 12.3. The Balaban J connectivity index is 2.21. The molecule has 0 aliphatic heterocycles. The summed E-state index contributed by atoms with van der Waals surface area (Å²) in [6.45, 7) is 10.1. The molecule has 0 saturated heterocycles. The summed E-state index contributed by atoms with van der Waals surface area (Å²) in [5, 5.41) is 0. The Labute approximate surface area is 151 Å². The topological polar surface area (TPSA) is 52.6 Å². The van der Waals surface area contributed by atoms with Gasteiger partial charge in [-0.15, -0.1) is 0 Å². The molecule has 0 unspecified atom stereocenters. The van der Waals surface area contributed by atoms with Gasteiger partial charge in [0.05, 0.1) is 0 Å². The van der Waals surface area contributed by atoms with E-state index in [1.165, 1.54) is 19.1 Å². The van der Waals surface area contributed by atoms with Crippen LogP contribution >= 0.6 is 0 Å². The van der Waals surface area contributed by atoms with Crippen molar-refractivity contribution in [2.45, 2.75) is 20.3 Å². The molecule has 4 nitrogen and oxygen atoms in total. The third-order valence-electron chi connectivity index (χ3n) is 3.45. The van der Waals surface area contributed by atoms with Crippen LogP contribution in [0.2, 0.25) is 0 Å². The van der Waals surface area contributed by atoms with Gasteiger partial charge in [0, 0.05) is 17.6 Å². The standard InChI is InChI=1S/C21H19FO4/c1-13(2)20(23)25-17-7-5-6-15(8-10-17)16-9-11-19(18(22)12-16)26-21(24)14(3)4/h5-6,8-12H,1,3,7H2,2,4H3. The smallest absolute Gasteiger partial charge is 0.338 e. The fourth-order valence-corrected chi connectivity index (χ4v) is 2.03. The van der Waals surface area contributed by atoms with Crippen LogP contribution in [0.4, 0.5) is 4.39 Å². The molecule has 0 saturated carbocycles. The van der Waals surface area contributed by atoms with E-state index in [1.807, 2.05) is 6.08 Å². The SMILES string of the molecule is C=C(C)C(=O)OC1=CC=C(c2ccc(OC(=O)C(=C)C)c(F)c2)C=CC1. The van der Waals surface area contributed by atoms with Gasteiger partial charge in [-0.3, -0.25) is 0 Å². The first-order valence-electron chi connectivity index (χ1n) is 7.90. The maximum absolute atomic E-state index is 14.2. The minimum absolute atomic E-state index is 0.161. The molecule has 0 aromatic heterocycles. The number of rotatable bonds is 5. The molecule has 5 heteroatoms. The highest BCUT2D eigenvalue weighted by Gasteiger charge is 2.13. The number of carbonyl (C=O) groups excluding carboxylic acids is 2. The van der Waals surface area contributed by atoms with Crippen molar-refractivity contribution in [3.05, 3.63) is 83.9 Å². The van der Waals surface area contributed by atoms with Crippen molar-refractivity contribution in [3.63, 3.8) is 0 Å². The second kappa shape index (κ2) is 8.25. The van der Waals surface area contributed by atoms with Crippen molar-refractivity contribution in [2.75, 3.05) is 0 Å². The lowest BCUT2D eigenvalue weighted by Gasteiger charge is -2.07. The third kappa shape index (κ3) is 4.89. The Hall–Kier alpha value is -3.21.